The number of benzene rings is 2. The summed E-state index contributed by atoms with van der Waals surface area (Å²) in [6.45, 7) is 3.12. The van der Waals surface area contributed by atoms with Crippen LogP contribution in [-0.2, 0) is 12.7 Å². The van der Waals surface area contributed by atoms with Gasteiger partial charge in [0.05, 0.1) is 23.7 Å². The summed E-state index contributed by atoms with van der Waals surface area (Å²) in [7, 11) is 1.98. The zero-order chi connectivity index (χ0) is 26.2. The topological polar surface area (TPSA) is 65.8 Å². The highest BCUT2D eigenvalue weighted by atomic mass is 19.4. The summed E-state index contributed by atoms with van der Waals surface area (Å²) in [5, 5.41) is 2.52. The van der Waals surface area contributed by atoms with Crippen LogP contribution < -0.4 is 5.32 Å². The fraction of sp³-hybridized carbons (Fsp3) is 0.269. The minimum atomic E-state index is -4.58. The Morgan fingerprint density at radius 2 is 1.84 bits per heavy atom. The van der Waals surface area contributed by atoms with Crippen molar-refractivity contribution in [2.75, 3.05) is 38.5 Å². The summed E-state index contributed by atoms with van der Waals surface area (Å²) in [4.78, 5) is 25.2. The van der Waals surface area contributed by atoms with E-state index >= 15 is 0 Å². The Morgan fingerprint density at radius 3 is 2.59 bits per heavy atom. The van der Waals surface area contributed by atoms with Gasteiger partial charge in [0.15, 0.2) is 5.65 Å². The summed E-state index contributed by atoms with van der Waals surface area (Å²) >= 11 is 0. The first-order chi connectivity index (χ1) is 17.7. The molecule has 0 saturated carbocycles. The molecule has 1 amide bonds. The number of piperazine rings is 1. The molecule has 0 radical (unpaired) electrons. The van der Waals surface area contributed by atoms with Crippen molar-refractivity contribution in [3.63, 3.8) is 0 Å². The molecular formula is C26H24F4N6O. The molecule has 0 bridgehead atoms. The minimum Gasteiger partial charge on any atom is -0.322 e. The maximum atomic E-state index is 14.7. The number of hydrogen-bond donors (Lipinski definition) is 1. The summed E-state index contributed by atoms with van der Waals surface area (Å²) in [6, 6.07) is 7.59. The van der Waals surface area contributed by atoms with Crippen molar-refractivity contribution in [3.05, 3.63) is 83.7 Å². The molecular weight excluding hydrogens is 488 g/mol. The first-order valence-corrected chi connectivity index (χ1v) is 11.7. The molecule has 1 aliphatic heterocycles. The Balaban J connectivity index is 1.39. The number of halogens is 4. The maximum absolute atomic E-state index is 14.7. The molecule has 7 nitrogen and oxygen atoms in total. The standard InChI is InChI=1S/C26H24F4N6O/c1-34-8-10-35(11-9-34)16-18-2-4-19(13-21(18)26(28,29)30)33-25(37)17-3-5-22(27)20(12-17)23-14-32-24-15-31-6-7-36(23)24/h2-7,12-15H,8-11,16H2,1H3,(H,33,37). The number of fused-ring (bicyclic) bond motifs is 1. The Labute approximate surface area is 210 Å². The Bertz CT molecular complexity index is 1440. The van der Waals surface area contributed by atoms with E-state index in [1.54, 1.807) is 10.6 Å². The lowest BCUT2D eigenvalue weighted by atomic mass is 10.0. The number of anilines is 1. The summed E-state index contributed by atoms with van der Waals surface area (Å²) < 4.78 is 58.0. The summed E-state index contributed by atoms with van der Waals surface area (Å²) in [6.07, 6.45) is 1.55. The molecule has 1 fully saturated rings. The molecule has 4 aromatic rings. The van der Waals surface area contributed by atoms with Crippen LogP contribution in [-0.4, -0.2) is 63.3 Å². The summed E-state index contributed by atoms with van der Waals surface area (Å²) in [5.41, 5.74) is 0.511. The normalized spacial score (nSPS) is 15.3. The maximum Gasteiger partial charge on any atom is 0.416 e. The Kier molecular flexibility index (Phi) is 6.65. The van der Waals surface area contributed by atoms with Crippen molar-refractivity contribution < 1.29 is 22.4 Å². The number of amides is 1. The van der Waals surface area contributed by atoms with Crippen molar-refractivity contribution in [2.45, 2.75) is 12.7 Å². The van der Waals surface area contributed by atoms with E-state index in [1.807, 2.05) is 11.9 Å². The van der Waals surface area contributed by atoms with Crippen molar-refractivity contribution in [3.8, 4) is 11.3 Å². The van der Waals surface area contributed by atoms with Gasteiger partial charge in [-0.3, -0.25) is 19.1 Å². The molecule has 37 heavy (non-hydrogen) atoms. The second kappa shape index (κ2) is 9.91. The molecule has 0 atom stereocenters. The second-order valence-corrected chi connectivity index (χ2v) is 9.05. The Morgan fingerprint density at radius 1 is 1.05 bits per heavy atom. The fourth-order valence-electron chi connectivity index (χ4n) is 4.41. The minimum absolute atomic E-state index is 0.00574. The lowest BCUT2D eigenvalue weighted by molar-refractivity contribution is -0.138. The third-order valence-corrected chi connectivity index (χ3v) is 6.48. The van der Waals surface area contributed by atoms with Crippen LogP contribution in [0, 0.1) is 5.82 Å². The molecule has 192 valence electrons. The van der Waals surface area contributed by atoms with Crippen LogP contribution in [0.15, 0.2) is 61.2 Å². The molecule has 0 spiro atoms. The van der Waals surface area contributed by atoms with Gasteiger partial charge in [0, 0.05) is 61.9 Å². The molecule has 0 aliphatic carbocycles. The quantitative estimate of drug-likeness (QED) is 0.398. The van der Waals surface area contributed by atoms with Crippen LogP contribution in [0.3, 0.4) is 0 Å². The van der Waals surface area contributed by atoms with Gasteiger partial charge in [0.2, 0.25) is 0 Å². The SMILES string of the molecule is CN1CCN(Cc2ccc(NC(=O)c3ccc(F)c(-c4cnc5cnccn45)c3)cc2C(F)(F)F)CC1. The van der Waals surface area contributed by atoms with Gasteiger partial charge < -0.3 is 10.2 Å². The molecule has 3 heterocycles. The van der Waals surface area contributed by atoms with E-state index in [9.17, 15) is 22.4 Å². The largest absolute Gasteiger partial charge is 0.416 e. The number of aromatic nitrogens is 3. The van der Waals surface area contributed by atoms with Crippen molar-refractivity contribution in [1.29, 1.82) is 0 Å². The van der Waals surface area contributed by atoms with E-state index in [2.05, 4.69) is 20.2 Å². The van der Waals surface area contributed by atoms with Crippen LogP contribution in [0.25, 0.3) is 16.9 Å². The number of hydrogen-bond acceptors (Lipinski definition) is 5. The van der Waals surface area contributed by atoms with Gasteiger partial charge in [-0.1, -0.05) is 6.07 Å². The summed E-state index contributed by atoms with van der Waals surface area (Å²) in [5.74, 6) is -1.22. The van der Waals surface area contributed by atoms with Gasteiger partial charge in [-0.05, 0) is 42.9 Å². The van der Waals surface area contributed by atoms with Gasteiger partial charge in [0.1, 0.15) is 5.82 Å². The number of carbonyl (C=O) groups is 1. The second-order valence-electron chi connectivity index (χ2n) is 9.05. The molecule has 0 unspecified atom stereocenters. The first kappa shape index (κ1) is 24.8. The number of alkyl halides is 3. The molecule has 2 aromatic carbocycles. The first-order valence-electron chi connectivity index (χ1n) is 11.7. The average Bonchev–Trinajstić information content (AvgIpc) is 3.30. The van der Waals surface area contributed by atoms with Crippen molar-refractivity contribution in [1.82, 2.24) is 24.2 Å². The molecule has 5 rings (SSSR count). The smallest absolute Gasteiger partial charge is 0.322 e. The molecule has 11 heteroatoms. The highest BCUT2D eigenvalue weighted by Crippen LogP contribution is 2.35. The van der Waals surface area contributed by atoms with Gasteiger partial charge in [-0.15, -0.1) is 0 Å². The zero-order valence-electron chi connectivity index (χ0n) is 20.0. The molecule has 1 aliphatic rings. The van der Waals surface area contributed by atoms with E-state index in [4.69, 9.17) is 0 Å². The van der Waals surface area contributed by atoms with Gasteiger partial charge in [-0.25, -0.2) is 9.37 Å². The highest BCUT2D eigenvalue weighted by Gasteiger charge is 2.34. The van der Waals surface area contributed by atoms with Crippen molar-refractivity contribution >= 4 is 17.2 Å². The van der Waals surface area contributed by atoms with Crippen LogP contribution in [0.1, 0.15) is 21.5 Å². The van der Waals surface area contributed by atoms with Gasteiger partial charge in [-0.2, -0.15) is 13.2 Å². The van der Waals surface area contributed by atoms with E-state index in [-0.39, 0.29) is 28.9 Å². The van der Waals surface area contributed by atoms with Crippen LogP contribution >= 0.6 is 0 Å². The van der Waals surface area contributed by atoms with E-state index in [0.717, 1.165) is 25.2 Å². The average molecular weight is 513 g/mol. The fourth-order valence-corrected chi connectivity index (χ4v) is 4.41. The lowest BCUT2D eigenvalue weighted by Crippen LogP contribution is -2.44. The number of nitrogens with zero attached hydrogens (tertiary/aromatic N) is 5. The van der Waals surface area contributed by atoms with Crippen LogP contribution in [0.4, 0.5) is 23.2 Å². The predicted octanol–water partition coefficient (Wildman–Crippen LogP) is 4.55. The highest BCUT2D eigenvalue weighted by molar-refractivity contribution is 6.05. The monoisotopic (exact) mass is 512 g/mol. The van der Waals surface area contributed by atoms with Crippen molar-refractivity contribution in [2.24, 2.45) is 0 Å². The van der Waals surface area contributed by atoms with Gasteiger partial charge in [0.25, 0.3) is 5.91 Å². The number of imidazole rings is 1. The Hall–Kier alpha value is -3.83. The number of likely N-dealkylation sites (N-methyl/N-ethyl adjacent to an activating group) is 1. The third kappa shape index (κ3) is 5.32. The molecule has 1 saturated heterocycles. The lowest BCUT2D eigenvalue weighted by Gasteiger charge is -2.33. The predicted molar refractivity (Wildman–Crippen MR) is 131 cm³/mol. The number of nitrogens with one attached hydrogen (secondary N) is 1. The number of rotatable bonds is 5. The van der Waals surface area contributed by atoms with Gasteiger partial charge >= 0.3 is 6.18 Å². The van der Waals surface area contributed by atoms with E-state index in [0.29, 0.717) is 24.4 Å². The third-order valence-electron chi connectivity index (χ3n) is 6.48. The van der Waals surface area contributed by atoms with Crippen LogP contribution in [0.5, 0.6) is 0 Å². The molecule has 1 N–H and O–H groups in total. The molecule has 2 aromatic heterocycles. The van der Waals surface area contributed by atoms with Crippen LogP contribution in [0.2, 0.25) is 0 Å². The zero-order valence-corrected chi connectivity index (χ0v) is 20.0. The van der Waals surface area contributed by atoms with E-state index in [1.165, 1.54) is 42.9 Å². The number of carbonyl (C=O) groups excluding carboxylic acids is 1. The van der Waals surface area contributed by atoms with E-state index < -0.39 is 23.5 Å².